The van der Waals surface area contributed by atoms with Gasteiger partial charge in [-0.05, 0) is 56.3 Å². The number of nitrogens with one attached hydrogen (secondary N) is 1. The topological polar surface area (TPSA) is 74.3 Å². The quantitative estimate of drug-likeness (QED) is 0.476. The summed E-state index contributed by atoms with van der Waals surface area (Å²) in [6.45, 7) is 2.82. The smallest absolute Gasteiger partial charge is 0.198 e. The number of nitrogens with zero attached hydrogens (tertiary/aromatic N) is 3. The summed E-state index contributed by atoms with van der Waals surface area (Å²) in [7, 11) is 0. The normalized spacial score (nSPS) is 16.8. The van der Waals surface area contributed by atoms with Gasteiger partial charge in [-0.1, -0.05) is 18.2 Å². The molecule has 0 bridgehead atoms. The molecule has 1 aliphatic rings. The van der Waals surface area contributed by atoms with Crippen molar-refractivity contribution in [1.82, 2.24) is 19.9 Å². The third kappa shape index (κ3) is 4.01. The highest BCUT2D eigenvalue weighted by Crippen LogP contribution is 2.28. The van der Waals surface area contributed by atoms with E-state index < -0.39 is 6.29 Å². The molecule has 0 saturated carbocycles. The van der Waals surface area contributed by atoms with E-state index in [4.69, 9.17) is 9.72 Å². The molecule has 1 atom stereocenters. The highest BCUT2D eigenvalue weighted by molar-refractivity contribution is 5.85. The minimum atomic E-state index is -0.811. The van der Waals surface area contributed by atoms with Crippen molar-refractivity contribution in [2.75, 3.05) is 19.6 Å². The number of aliphatic hydroxyl groups excluding tert-OH is 1. The Hall–Kier alpha value is -2.96. The number of benzene rings is 2. The first-order valence-electron chi connectivity index (χ1n) is 10.6. The molecule has 0 aliphatic carbocycles. The zero-order valence-electron chi connectivity index (χ0n) is 16.9. The lowest BCUT2D eigenvalue weighted by Crippen LogP contribution is -2.36. The van der Waals surface area contributed by atoms with Crippen LogP contribution < -0.4 is 4.74 Å². The lowest BCUT2D eigenvalue weighted by Gasteiger charge is -2.32. The molecule has 2 aromatic heterocycles. The zero-order valence-corrected chi connectivity index (χ0v) is 16.9. The number of likely N-dealkylation sites (tertiary alicyclic amines) is 1. The zero-order chi connectivity index (χ0) is 20.3. The Morgan fingerprint density at radius 1 is 1.07 bits per heavy atom. The minimum Gasteiger partial charge on any atom is -0.464 e. The molecule has 0 spiro atoms. The van der Waals surface area contributed by atoms with Crippen LogP contribution in [0.3, 0.4) is 0 Å². The van der Waals surface area contributed by atoms with E-state index in [1.54, 1.807) is 0 Å². The average molecular weight is 402 g/mol. The molecule has 2 aromatic carbocycles. The first kappa shape index (κ1) is 19.0. The molecule has 6 nitrogen and oxygen atoms in total. The van der Waals surface area contributed by atoms with Gasteiger partial charge in [-0.2, -0.15) is 0 Å². The second-order valence-electron chi connectivity index (χ2n) is 7.96. The predicted molar refractivity (Wildman–Crippen MR) is 118 cm³/mol. The Kier molecular flexibility index (Phi) is 5.34. The first-order valence-corrected chi connectivity index (χ1v) is 10.6. The van der Waals surface area contributed by atoms with E-state index in [-0.39, 0.29) is 0 Å². The molecular weight excluding hydrogens is 376 g/mol. The van der Waals surface area contributed by atoms with E-state index in [1.165, 1.54) is 0 Å². The van der Waals surface area contributed by atoms with Crippen LogP contribution in [0.2, 0.25) is 0 Å². The van der Waals surface area contributed by atoms with E-state index in [1.807, 2.05) is 60.9 Å². The van der Waals surface area contributed by atoms with Crippen molar-refractivity contribution in [3.8, 4) is 5.75 Å². The summed E-state index contributed by atoms with van der Waals surface area (Å²) in [6, 6.07) is 15.8. The number of H-pyrrole nitrogens is 1. The summed E-state index contributed by atoms with van der Waals surface area (Å²) in [5.41, 5.74) is 4.02. The molecule has 1 aliphatic heterocycles. The van der Waals surface area contributed by atoms with Gasteiger partial charge in [0.25, 0.3) is 0 Å². The molecule has 5 rings (SSSR count). The number of aliphatic hydroxyl groups is 1. The van der Waals surface area contributed by atoms with Gasteiger partial charge in [-0.25, -0.2) is 4.98 Å². The molecule has 0 amide bonds. The van der Waals surface area contributed by atoms with Crippen molar-refractivity contribution in [3.05, 3.63) is 66.6 Å². The largest absolute Gasteiger partial charge is 0.464 e. The van der Waals surface area contributed by atoms with Crippen molar-refractivity contribution in [3.63, 3.8) is 0 Å². The molecule has 2 N–H and O–H groups in total. The summed E-state index contributed by atoms with van der Waals surface area (Å²) in [4.78, 5) is 14.9. The van der Waals surface area contributed by atoms with Crippen LogP contribution in [0.15, 0.2) is 60.9 Å². The molecule has 0 radical (unpaired) electrons. The Morgan fingerprint density at radius 2 is 1.90 bits per heavy atom. The molecule has 1 saturated heterocycles. The lowest BCUT2D eigenvalue weighted by molar-refractivity contribution is -0.0290. The van der Waals surface area contributed by atoms with Gasteiger partial charge in [0.1, 0.15) is 5.75 Å². The highest BCUT2D eigenvalue weighted by Gasteiger charge is 2.23. The number of fused-ring (bicyclic) bond motifs is 2. The molecule has 6 heteroatoms. The van der Waals surface area contributed by atoms with E-state index in [0.29, 0.717) is 12.3 Å². The van der Waals surface area contributed by atoms with Crippen LogP contribution in [0.1, 0.15) is 30.9 Å². The predicted octanol–water partition coefficient (Wildman–Crippen LogP) is 4.08. The van der Waals surface area contributed by atoms with Gasteiger partial charge in [0, 0.05) is 42.2 Å². The van der Waals surface area contributed by atoms with Crippen molar-refractivity contribution in [2.45, 2.75) is 31.5 Å². The van der Waals surface area contributed by atoms with Gasteiger partial charge >= 0.3 is 0 Å². The maximum absolute atomic E-state index is 10.4. The van der Waals surface area contributed by atoms with Crippen LogP contribution in [-0.4, -0.2) is 50.9 Å². The molecule has 3 heterocycles. The van der Waals surface area contributed by atoms with Crippen LogP contribution in [0.25, 0.3) is 21.9 Å². The van der Waals surface area contributed by atoms with E-state index in [2.05, 4.69) is 14.9 Å². The summed E-state index contributed by atoms with van der Waals surface area (Å²) in [5, 5.41) is 11.4. The van der Waals surface area contributed by atoms with Crippen LogP contribution in [-0.2, 0) is 0 Å². The van der Waals surface area contributed by atoms with E-state index in [0.717, 1.165) is 65.9 Å². The van der Waals surface area contributed by atoms with Crippen LogP contribution in [0.5, 0.6) is 5.75 Å². The van der Waals surface area contributed by atoms with Gasteiger partial charge in [0.2, 0.25) is 0 Å². The highest BCUT2D eigenvalue weighted by atomic mass is 16.6. The fraction of sp³-hybridized carbons (Fsp3) is 0.333. The van der Waals surface area contributed by atoms with Gasteiger partial charge < -0.3 is 19.7 Å². The van der Waals surface area contributed by atoms with Crippen LogP contribution in [0.4, 0.5) is 0 Å². The molecule has 1 unspecified atom stereocenters. The summed E-state index contributed by atoms with van der Waals surface area (Å²) in [5.74, 6) is 1.17. The standard InChI is InChI=1S/C24H26N4O2/c29-24(30-23-7-3-6-19-18(23)8-12-25-19)11-15-28-13-9-17(10-14-28)22-16-26-20-4-1-2-5-21(20)27-22/h1-8,12,16-17,24-25,29H,9-11,13-15H2. The Morgan fingerprint density at radius 3 is 2.77 bits per heavy atom. The number of hydrogen-bond donors (Lipinski definition) is 2. The second kappa shape index (κ2) is 8.42. The van der Waals surface area contributed by atoms with Crippen LogP contribution in [0, 0.1) is 0 Å². The minimum absolute atomic E-state index is 0.450. The molecular formula is C24H26N4O2. The number of aromatic amines is 1. The second-order valence-corrected chi connectivity index (χ2v) is 7.96. The molecule has 30 heavy (non-hydrogen) atoms. The van der Waals surface area contributed by atoms with E-state index in [9.17, 15) is 5.11 Å². The Labute approximate surface area is 175 Å². The maximum atomic E-state index is 10.4. The van der Waals surface area contributed by atoms with Crippen molar-refractivity contribution in [1.29, 1.82) is 0 Å². The Balaban J connectivity index is 1.13. The third-order valence-corrected chi connectivity index (χ3v) is 5.98. The van der Waals surface area contributed by atoms with Crippen LogP contribution >= 0.6 is 0 Å². The SMILES string of the molecule is OC(CCN1CCC(c2cnc3ccccc3n2)CC1)Oc1cccc2[nH]ccc12. The Bertz CT molecular complexity index is 1130. The number of aromatic nitrogens is 3. The number of hydrogen-bond acceptors (Lipinski definition) is 5. The number of rotatable bonds is 6. The van der Waals surface area contributed by atoms with Gasteiger partial charge in [0.05, 0.1) is 16.7 Å². The van der Waals surface area contributed by atoms with Crippen molar-refractivity contribution < 1.29 is 9.84 Å². The third-order valence-electron chi connectivity index (χ3n) is 5.98. The maximum Gasteiger partial charge on any atom is 0.198 e. The van der Waals surface area contributed by atoms with Gasteiger partial charge in [0.15, 0.2) is 6.29 Å². The number of para-hydroxylation sites is 2. The van der Waals surface area contributed by atoms with Crippen molar-refractivity contribution >= 4 is 21.9 Å². The summed E-state index contributed by atoms with van der Waals surface area (Å²) < 4.78 is 5.80. The fourth-order valence-electron chi connectivity index (χ4n) is 4.28. The molecule has 154 valence electrons. The van der Waals surface area contributed by atoms with Gasteiger partial charge in [-0.15, -0.1) is 0 Å². The molecule has 4 aromatic rings. The lowest BCUT2D eigenvalue weighted by atomic mass is 9.93. The van der Waals surface area contributed by atoms with Gasteiger partial charge in [-0.3, -0.25) is 4.98 Å². The van der Waals surface area contributed by atoms with Crippen molar-refractivity contribution in [2.24, 2.45) is 0 Å². The number of piperidine rings is 1. The monoisotopic (exact) mass is 402 g/mol. The number of ether oxygens (including phenoxy) is 1. The molecule has 1 fully saturated rings. The first-order chi connectivity index (χ1) is 14.8. The average Bonchev–Trinajstić information content (AvgIpc) is 3.28. The summed E-state index contributed by atoms with van der Waals surface area (Å²) >= 11 is 0. The summed E-state index contributed by atoms with van der Waals surface area (Å²) in [6.07, 6.45) is 5.71. The van der Waals surface area contributed by atoms with E-state index >= 15 is 0 Å². The fourth-order valence-corrected chi connectivity index (χ4v) is 4.28.